The SMILES string of the molecule is COC(=O)c1c(NC(=S)N2CCN(Cc3ccccc3)CC2)sc(C)c1C. The third-order valence-electron chi connectivity index (χ3n) is 4.90. The van der Waals surface area contributed by atoms with Crippen molar-refractivity contribution in [3.63, 3.8) is 0 Å². The fraction of sp³-hybridized carbons (Fsp3) is 0.400. The maximum atomic E-state index is 12.1. The van der Waals surface area contributed by atoms with E-state index >= 15 is 0 Å². The lowest BCUT2D eigenvalue weighted by molar-refractivity contribution is 0.0601. The van der Waals surface area contributed by atoms with Gasteiger partial charge in [-0.15, -0.1) is 11.3 Å². The van der Waals surface area contributed by atoms with Crippen LogP contribution in [0.15, 0.2) is 30.3 Å². The summed E-state index contributed by atoms with van der Waals surface area (Å²) in [6.07, 6.45) is 0. The van der Waals surface area contributed by atoms with Crippen LogP contribution in [0.25, 0.3) is 0 Å². The minimum Gasteiger partial charge on any atom is -0.465 e. The Balaban J connectivity index is 1.59. The lowest BCUT2D eigenvalue weighted by Gasteiger charge is -2.36. The molecule has 1 fully saturated rings. The van der Waals surface area contributed by atoms with Crippen LogP contribution < -0.4 is 5.32 Å². The summed E-state index contributed by atoms with van der Waals surface area (Å²) in [6, 6.07) is 10.5. The summed E-state index contributed by atoms with van der Waals surface area (Å²) in [6.45, 7) is 8.57. The van der Waals surface area contributed by atoms with E-state index in [1.54, 1.807) is 11.3 Å². The van der Waals surface area contributed by atoms with E-state index in [-0.39, 0.29) is 5.97 Å². The van der Waals surface area contributed by atoms with Gasteiger partial charge in [0.2, 0.25) is 0 Å². The molecule has 7 heteroatoms. The molecule has 0 amide bonds. The maximum absolute atomic E-state index is 12.1. The van der Waals surface area contributed by atoms with Gasteiger partial charge >= 0.3 is 5.97 Å². The number of carbonyl (C=O) groups excluding carboxylic acids is 1. The number of rotatable bonds is 4. The first-order valence-electron chi connectivity index (χ1n) is 9.00. The standard InChI is InChI=1S/C20H25N3O2S2/c1-14-15(2)27-18(17(14)19(24)25-3)21-20(26)23-11-9-22(10-12-23)13-16-7-5-4-6-8-16/h4-8H,9-13H2,1-3H3,(H,21,26). The van der Waals surface area contributed by atoms with Crippen LogP contribution in [0.4, 0.5) is 5.00 Å². The molecule has 1 aromatic heterocycles. The van der Waals surface area contributed by atoms with E-state index in [4.69, 9.17) is 17.0 Å². The van der Waals surface area contributed by atoms with Crippen molar-refractivity contribution < 1.29 is 9.53 Å². The van der Waals surface area contributed by atoms with Gasteiger partial charge in [0.15, 0.2) is 5.11 Å². The van der Waals surface area contributed by atoms with Crippen molar-refractivity contribution in [2.45, 2.75) is 20.4 Å². The Labute approximate surface area is 169 Å². The number of esters is 1. The van der Waals surface area contributed by atoms with Gasteiger partial charge in [-0.05, 0) is 37.2 Å². The quantitative estimate of drug-likeness (QED) is 0.621. The van der Waals surface area contributed by atoms with Gasteiger partial charge in [0, 0.05) is 37.6 Å². The molecule has 2 aromatic rings. The second kappa shape index (κ2) is 8.82. The number of aryl methyl sites for hydroxylation is 1. The van der Waals surface area contributed by atoms with Crippen LogP contribution in [0.5, 0.6) is 0 Å². The number of hydrogen-bond donors (Lipinski definition) is 1. The van der Waals surface area contributed by atoms with Crippen LogP contribution in [0.1, 0.15) is 26.4 Å². The fourth-order valence-electron chi connectivity index (χ4n) is 3.19. The highest BCUT2D eigenvalue weighted by molar-refractivity contribution is 7.80. The molecule has 27 heavy (non-hydrogen) atoms. The van der Waals surface area contributed by atoms with E-state index in [0.29, 0.717) is 10.7 Å². The van der Waals surface area contributed by atoms with Crippen molar-refractivity contribution in [2.24, 2.45) is 0 Å². The number of piperazine rings is 1. The average molecular weight is 404 g/mol. The molecule has 0 unspecified atom stereocenters. The second-order valence-electron chi connectivity index (χ2n) is 6.66. The van der Waals surface area contributed by atoms with Gasteiger partial charge in [0.1, 0.15) is 5.00 Å². The Hall–Kier alpha value is -1.96. The van der Waals surface area contributed by atoms with Gasteiger partial charge in [-0.1, -0.05) is 30.3 Å². The molecule has 1 N–H and O–H groups in total. The van der Waals surface area contributed by atoms with E-state index in [9.17, 15) is 4.79 Å². The molecule has 0 aliphatic carbocycles. The van der Waals surface area contributed by atoms with E-state index in [1.807, 2.05) is 19.9 Å². The Morgan fingerprint density at radius 2 is 1.85 bits per heavy atom. The van der Waals surface area contributed by atoms with Crippen LogP contribution in [-0.2, 0) is 11.3 Å². The minimum atomic E-state index is -0.324. The molecule has 0 atom stereocenters. The molecule has 144 valence electrons. The third kappa shape index (κ3) is 4.66. The third-order valence-corrected chi connectivity index (χ3v) is 6.39. The van der Waals surface area contributed by atoms with Crippen molar-refractivity contribution in [3.8, 4) is 0 Å². The number of nitrogens with one attached hydrogen (secondary N) is 1. The number of carbonyl (C=O) groups is 1. The van der Waals surface area contributed by atoms with E-state index in [1.165, 1.54) is 12.7 Å². The van der Waals surface area contributed by atoms with Gasteiger partial charge < -0.3 is 15.0 Å². The number of ether oxygens (including phenoxy) is 1. The largest absolute Gasteiger partial charge is 0.465 e. The lowest BCUT2D eigenvalue weighted by atomic mass is 10.1. The van der Waals surface area contributed by atoms with Crippen LogP contribution in [-0.4, -0.2) is 54.2 Å². The maximum Gasteiger partial charge on any atom is 0.341 e. The molecular formula is C20H25N3O2S2. The number of nitrogens with zero attached hydrogens (tertiary/aromatic N) is 2. The van der Waals surface area contributed by atoms with Gasteiger partial charge in [0.05, 0.1) is 12.7 Å². The summed E-state index contributed by atoms with van der Waals surface area (Å²) in [7, 11) is 1.41. The normalized spacial score (nSPS) is 14.9. The van der Waals surface area contributed by atoms with Crippen LogP contribution in [0.2, 0.25) is 0 Å². The Bertz CT molecular complexity index is 812. The van der Waals surface area contributed by atoms with E-state index < -0.39 is 0 Å². The van der Waals surface area contributed by atoms with Crippen LogP contribution in [0.3, 0.4) is 0 Å². The first-order chi connectivity index (χ1) is 13.0. The molecule has 1 saturated heterocycles. The number of thiocarbonyl (C=S) groups is 1. The molecule has 1 aliphatic rings. The van der Waals surface area contributed by atoms with Gasteiger partial charge in [-0.2, -0.15) is 0 Å². The highest BCUT2D eigenvalue weighted by atomic mass is 32.1. The number of benzene rings is 1. The topological polar surface area (TPSA) is 44.8 Å². The van der Waals surface area contributed by atoms with E-state index in [0.717, 1.165) is 48.2 Å². The van der Waals surface area contributed by atoms with Crippen LogP contribution in [0, 0.1) is 13.8 Å². The Kier molecular flexibility index (Phi) is 6.46. The average Bonchev–Trinajstić information content (AvgIpc) is 2.96. The zero-order valence-electron chi connectivity index (χ0n) is 15.9. The Morgan fingerprint density at radius 3 is 2.48 bits per heavy atom. The predicted octanol–water partition coefficient (Wildman–Crippen LogP) is 3.67. The number of thiophene rings is 1. The van der Waals surface area contributed by atoms with Crippen molar-refractivity contribution >= 4 is 39.6 Å². The minimum absolute atomic E-state index is 0.324. The summed E-state index contributed by atoms with van der Waals surface area (Å²) < 4.78 is 4.93. The Morgan fingerprint density at radius 1 is 1.19 bits per heavy atom. The van der Waals surface area contributed by atoms with E-state index in [2.05, 4.69) is 39.4 Å². The number of methoxy groups -OCH3 is 1. The van der Waals surface area contributed by atoms with Crippen molar-refractivity contribution in [3.05, 3.63) is 51.9 Å². The number of hydrogen-bond acceptors (Lipinski definition) is 5. The fourth-order valence-corrected chi connectivity index (χ4v) is 4.59. The molecule has 0 saturated carbocycles. The molecule has 1 aliphatic heterocycles. The zero-order valence-corrected chi connectivity index (χ0v) is 17.6. The van der Waals surface area contributed by atoms with Crippen LogP contribution >= 0.6 is 23.6 Å². The monoisotopic (exact) mass is 403 g/mol. The van der Waals surface area contributed by atoms with Gasteiger partial charge in [-0.3, -0.25) is 4.90 Å². The molecule has 0 bridgehead atoms. The predicted molar refractivity (Wildman–Crippen MR) is 115 cm³/mol. The summed E-state index contributed by atoms with van der Waals surface area (Å²) in [4.78, 5) is 17.8. The molecule has 1 aromatic carbocycles. The van der Waals surface area contributed by atoms with Crippen molar-refractivity contribution in [2.75, 3.05) is 38.6 Å². The first-order valence-corrected chi connectivity index (χ1v) is 10.2. The molecule has 0 radical (unpaired) electrons. The van der Waals surface area contributed by atoms with Gasteiger partial charge in [-0.25, -0.2) is 4.79 Å². The summed E-state index contributed by atoms with van der Waals surface area (Å²) in [5.41, 5.74) is 2.87. The highest BCUT2D eigenvalue weighted by Gasteiger charge is 2.24. The molecule has 5 nitrogen and oxygen atoms in total. The van der Waals surface area contributed by atoms with Crippen molar-refractivity contribution in [1.82, 2.24) is 9.80 Å². The summed E-state index contributed by atoms with van der Waals surface area (Å²) in [5.74, 6) is -0.324. The van der Waals surface area contributed by atoms with Gasteiger partial charge in [0.25, 0.3) is 0 Å². The lowest BCUT2D eigenvalue weighted by Crippen LogP contribution is -2.49. The first kappa shape index (κ1) is 19.8. The molecule has 3 rings (SSSR count). The molecule has 2 heterocycles. The van der Waals surface area contributed by atoms with Crippen molar-refractivity contribution in [1.29, 1.82) is 0 Å². The zero-order chi connectivity index (χ0) is 19.4. The second-order valence-corrected chi connectivity index (χ2v) is 8.27. The smallest absolute Gasteiger partial charge is 0.341 e. The number of anilines is 1. The molecular weight excluding hydrogens is 378 g/mol. The highest BCUT2D eigenvalue weighted by Crippen LogP contribution is 2.33. The summed E-state index contributed by atoms with van der Waals surface area (Å²) in [5, 5.41) is 4.72. The molecule has 0 spiro atoms. The summed E-state index contributed by atoms with van der Waals surface area (Å²) >= 11 is 7.15.